The van der Waals surface area contributed by atoms with Crippen molar-refractivity contribution in [3.05, 3.63) is 30.3 Å². The normalized spacial score (nSPS) is 21.4. The molecule has 0 aromatic carbocycles. The summed E-state index contributed by atoms with van der Waals surface area (Å²) in [6.07, 6.45) is 3.80. The molecule has 6 rings (SSSR count). The number of carbonyl (C=O) groups excluding carboxylic acids is 1. The van der Waals surface area contributed by atoms with E-state index in [1.54, 1.807) is 12.3 Å². The molecule has 4 aromatic heterocycles. The fraction of sp³-hybridized carbons (Fsp3) is 0.391. The highest BCUT2D eigenvalue weighted by Crippen LogP contribution is 2.38. The average molecular weight is 481 g/mol. The molecule has 11 nitrogen and oxygen atoms in total. The molecule has 4 aromatic rings. The molecule has 2 fully saturated rings. The molecule has 12 heteroatoms. The minimum absolute atomic E-state index is 0.00523. The van der Waals surface area contributed by atoms with E-state index in [-0.39, 0.29) is 40.4 Å². The van der Waals surface area contributed by atoms with Crippen LogP contribution in [0.2, 0.25) is 0 Å². The van der Waals surface area contributed by atoms with Gasteiger partial charge in [0.05, 0.1) is 25.1 Å². The van der Waals surface area contributed by atoms with Gasteiger partial charge in [-0.2, -0.15) is 0 Å². The van der Waals surface area contributed by atoms with Crippen LogP contribution >= 0.6 is 0 Å². The van der Waals surface area contributed by atoms with E-state index in [0.717, 1.165) is 6.42 Å². The third kappa shape index (κ3) is 3.89. The number of ether oxygens (including phenoxy) is 1. The average Bonchev–Trinajstić information content (AvgIpc) is 3.47. The van der Waals surface area contributed by atoms with Crippen molar-refractivity contribution >= 4 is 39.8 Å². The second-order valence-corrected chi connectivity index (χ2v) is 8.79. The van der Waals surface area contributed by atoms with Crippen LogP contribution in [-0.2, 0) is 9.53 Å². The molecule has 2 aliphatic rings. The number of halogens is 1. The molecule has 2 atom stereocenters. The van der Waals surface area contributed by atoms with Crippen molar-refractivity contribution in [3.63, 3.8) is 0 Å². The van der Waals surface area contributed by atoms with Crippen LogP contribution in [0.4, 0.5) is 21.7 Å². The number of hydrogen-bond acceptors (Lipinski definition) is 9. The van der Waals surface area contributed by atoms with Crippen molar-refractivity contribution in [2.75, 3.05) is 48.8 Å². The van der Waals surface area contributed by atoms with Crippen LogP contribution in [0.3, 0.4) is 0 Å². The lowest BCUT2D eigenvalue weighted by Gasteiger charge is -2.28. The Hall–Kier alpha value is -3.93. The van der Waals surface area contributed by atoms with Gasteiger partial charge in [0.15, 0.2) is 28.9 Å². The number of carbonyl (C=O) groups is 1. The minimum Gasteiger partial charge on any atom is -0.378 e. The van der Waals surface area contributed by atoms with E-state index >= 15 is 0 Å². The lowest BCUT2D eigenvalue weighted by atomic mass is 10.1. The van der Waals surface area contributed by atoms with Gasteiger partial charge in [0.1, 0.15) is 5.52 Å². The second-order valence-electron chi connectivity index (χ2n) is 8.79. The molecule has 180 valence electrons. The molecule has 0 bridgehead atoms. The molecule has 1 saturated carbocycles. The molecule has 1 amide bonds. The quantitative estimate of drug-likeness (QED) is 0.443. The van der Waals surface area contributed by atoms with Gasteiger partial charge in [-0.1, -0.05) is 6.92 Å². The largest absolute Gasteiger partial charge is 0.378 e. The van der Waals surface area contributed by atoms with E-state index in [2.05, 4.69) is 35.9 Å². The van der Waals surface area contributed by atoms with Crippen molar-refractivity contribution in [1.82, 2.24) is 29.8 Å². The van der Waals surface area contributed by atoms with Crippen LogP contribution in [0.5, 0.6) is 0 Å². The number of nitrogens with one attached hydrogen (secondary N) is 2. The standard InChI is InChI=1S/C23H24FN9O2/c1-12-7-13(12)23(34)27-18-8-14-15(10-26-22(25-2)20(14)30-29-18)21-28-19-9-16(24)17(11-33(19)31-21)32-3-5-35-6-4-32/h8-13H,3-7H2,1-2H3,(H,25,26)(H,27,29,34)/t12-,13+/m1/s1/i2D3. The summed E-state index contributed by atoms with van der Waals surface area (Å²) in [7, 11) is 0. The molecule has 0 radical (unpaired) electrons. The molecule has 2 N–H and O–H groups in total. The van der Waals surface area contributed by atoms with Crippen molar-refractivity contribution in [1.29, 1.82) is 0 Å². The lowest BCUT2D eigenvalue weighted by Crippen LogP contribution is -2.36. The molecule has 0 spiro atoms. The van der Waals surface area contributed by atoms with Crippen molar-refractivity contribution < 1.29 is 18.0 Å². The van der Waals surface area contributed by atoms with Crippen molar-refractivity contribution in [2.24, 2.45) is 11.8 Å². The Labute approximate surface area is 203 Å². The van der Waals surface area contributed by atoms with Crippen LogP contribution in [0.25, 0.3) is 27.9 Å². The third-order valence-corrected chi connectivity index (χ3v) is 6.44. The molecule has 1 aliphatic heterocycles. The molecule has 1 saturated heterocycles. The van der Waals surface area contributed by atoms with E-state index in [1.165, 1.54) is 16.8 Å². The maximum Gasteiger partial charge on any atom is 0.228 e. The zero-order valence-corrected chi connectivity index (χ0v) is 18.8. The summed E-state index contributed by atoms with van der Waals surface area (Å²) in [5, 5.41) is 18.3. The minimum atomic E-state index is -2.52. The Kier molecular flexibility index (Phi) is 4.41. The fourth-order valence-electron chi connectivity index (χ4n) is 4.31. The summed E-state index contributed by atoms with van der Waals surface area (Å²) in [6.45, 7) is 1.61. The van der Waals surface area contributed by atoms with Gasteiger partial charge in [-0.05, 0) is 18.4 Å². The molecule has 5 heterocycles. The first kappa shape index (κ1) is 18.4. The zero-order valence-electron chi connectivity index (χ0n) is 21.8. The summed E-state index contributed by atoms with van der Waals surface area (Å²) in [5.41, 5.74) is 1.25. The van der Waals surface area contributed by atoms with E-state index in [4.69, 9.17) is 8.85 Å². The SMILES string of the molecule is [2H]C([2H])([2H])Nc1ncc(-c2nc3cc(F)c(N4CCOCC4)cn3n2)c2cc(NC(=O)[C@H]3C[C@H]3C)nnc12. The number of fused-ring (bicyclic) bond motifs is 2. The number of hydrogen-bond donors (Lipinski definition) is 2. The van der Waals surface area contributed by atoms with Gasteiger partial charge in [0, 0.05) is 53.3 Å². The first-order valence-electron chi connectivity index (χ1n) is 12.8. The van der Waals surface area contributed by atoms with Gasteiger partial charge in [0.2, 0.25) is 5.91 Å². The Morgan fingerprint density at radius 2 is 2.11 bits per heavy atom. The van der Waals surface area contributed by atoms with Gasteiger partial charge in [-0.3, -0.25) is 4.79 Å². The first-order chi connectivity index (χ1) is 18.2. The van der Waals surface area contributed by atoms with Crippen LogP contribution in [0, 0.1) is 17.7 Å². The predicted octanol–water partition coefficient (Wildman–Crippen LogP) is 2.35. The summed E-state index contributed by atoms with van der Waals surface area (Å²) in [4.78, 5) is 23.1. The second kappa shape index (κ2) is 8.38. The lowest BCUT2D eigenvalue weighted by molar-refractivity contribution is -0.117. The van der Waals surface area contributed by atoms with E-state index in [9.17, 15) is 9.18 Å². The van der Waals surface area contributed by atoms with Gasteiger partial charge < -0.3 is 20.3 Å². The van der Waals surface area contributed by atoms with Crippen LogP contribution in [-0.4, -0.2) is 69.0 Å². The van der Waals surface area contributed by atoms with Crippen LogP contribution in [0.1, 0.15) is 17.5 Å². The van der Waals surface area contributed by atoms with Crippen LogP contribution in [0.15, 0.2) is 24.5 Å². The Morgan fingerprint density at radius 1 is 1.29 bits per heavy atom. The Balaban J connectivity index is 1.43. The predicted molar refractivity (Wildman–Crippen MR) is 128 cm³/mol. The van der Waals surface area contributed by atoms with Gasteiger partial charge in [0.25, 0.3) is 0 Å². The molecular weight excluding hydrogens is 453 g/mol. The number of rotatable bonds is 5. The van der Waals surface area contributed by atoms with Gasteiger partial charge in [-0.25, -0.2) is 18.9 Å². The zero-order chi connectivity index (χ0) is 26.6. The van der Waals surface area contributed by atoms with Crippen molar-refractivity contribution in [2.45, 2.75) is 13.3 Å². The summed E-state index contributed by atoms with van der Waals surface area (Å²) < 4.78 is 44.5. The topological polar surface area (TPSA) is 122 Å². The number of aromatic nitrogens is 6. The Morgan fingerprint density at radius 3 is 2.89 bits per heavy atom. The third-order valence-electron chi connectivity index (χ3n) is 6.44. The van der Waals surface area contributed by atoms with E-state index in [1.807, 2.05) is 11.8 Å². The van der Waals surface area contributed by atoms with Gasteiger partial charge >= 0.3 is 0 Å². The summed E-state index contributed by atoms with van der Waals surface area (Å²) in [6, 6.07) is 2.89. The number of anilines is 3. The smallest absolute Gasteiger partial charge is 0.228 e. The fourth-order valence-corrected chi connectivity index (χ4v) is 4.31. The van der Waals surface area contributed by atoms with Crippen molar-refractivity contribution in [3.8, 4) is 11.4 Å². The summed E-state index contributed by atoms with van der Waals surface area (Å²) >= 11 is 0. The van der Waals surface area contributed by atoms with E-state index < -0.39 is 12.8 Å². The maximum atomic E-state index is 15.0. The molecule has 1 aliphatic carbocycles. The monoisotopic (exact) mass is 480 g/mol. The highest BCUT2D eigenvalue weighted by molar-refractivity contribution is 6.01. The number of amides is 1. The van der Waals surface area contributed by atoms with Crippen LogP contribution < -0.4 is 15.5 Å². The molecule has 0 unspecified atom stereocenters. The molecular formula is C23H24FN9O2. The Bertz CT molecular complexity index is 1550. The highest BCUT2D eigenvalue weighted by atomic mass is 19.1. The first-order valence-corrected chi connectivity index (χ1v) is 11.3. The van der Waals surface area contributed by atoms with Gasteiger partial charge in [-0.15, -0.1) is 15.3 Å². The maximum absolute atomic E-state index is 15.0. The van der Waals surface area contributed by atoms with E-state index in [0.29, 0.717) is 48.9 Å². The number of nitrogens with zero attached hydrogens (tertiary/aromatic N) is 7. The number of pyridine rings is 2. The number of morpholine rings is 1. The molecule has 35 heavy (non-hydrogen) atoms. The summed E-state index contributed by atoms with van der Waals surface area (Å²) in [5.74, 6) is 0.0783. The highest BCUT2D eigenvalue weighted by Gasteiger charge is 2.39.